The minimum absolute atomic E-state index is 0. The quantitative estimate of drug-likeness (QED) is 0.300. The summed E-state index contributed by atoms with van der Waals surface area (Å²) < 4.78 is 11.3. The number of ether oxygens (including phenoxy) is 2. The maximum atomic E-state index is 9.34. The van der Waals surface area contributed by atoms with Crippen LogP contribution in [0.15, 0.2) is 0 Å². The molecule has 0 aliphatic rings. The van der Waals surface area contributed by atoms with Gasteiger partial charge in [0.25, 0.3) is 0 Å². The summed E-state index contributed by atoms with van der Waals surface area (Å²) in [6.45, 7) is 7.48. The van der Waals surface area contributed by atoms with Gasteiger partial charge >= 0.3 is 0 Å². The molecule has 0 aromatic carbocycles. The molecule has 0 bridgehead atoms. The first kappa shape index (κ1) is 25.9. The van der Waals surface area contributed by atoms with Crippen LogP contribution in [0.4, 0.5) is 0 Å². The van der Waals surface area contributed by atoms with E-state index < -0.39 is 5.79 Å². The van der Waals surface area contributed by atoms with Crippen molar-refractivity contribution in [3.8, 4) is 0 Å². The fraction of sp³-hybridized carbons (Fsp3) is 0.938. The zero-order chi connectivity index (χ0) is 13.7. The molecule has 0 rings (SSSR count). The molecule has 0 fully saturated rings. The molecule has 1 radical (unpaired) electrons. The minimum Gasteiger partial charge on any atom is -0.391 e. The van der Waals surface area contributed by atoms with E-state index in [1.165, 1.54) is 38.5 Å². The smallest absolute Gasteiger partial charge is 0.188 e. The fourth-order valence-corrected chi connectivity index (χ4v) is 1.77. The van der Waals surface area contributed by atoms with Gasteiger partial charge in [0, 0.05) is 32.7 Å². The Balaban J connectivity index is -0.00000144. The molecule has 3 nitrogen and oxygen atoms in total. The Morgan fingerprint density at radius 2 is 1.20 bits per heavy atom. The van der Waals surface area contributed by atoms with Crippen molar-refractivity contribution >= 4 is 0 Å². The van der Waals surface area contributed by atoms with Gasteiger partial charge in [0.2, 0.25) is 0 Å². The van der Waals surface area contributed by atoms with Crippen molar-refractivity contribution in [3.63, 3.8) is 0 Å². The minimum atomic E-state index is -0.807. The molecular weight excluding hydrogens is 329 g/mol. The zero-order valence-electron chi connectivity index (χ0n) is 14.1. The predicted molar refractivity (Wildman–Crippen MR) is 82.1 cm³/mol. The molecule has 0 atom stereocenters. The molecule has 0 aromatic rings. The molecule has 0 aliphatic carbocycles. The van der Waals surface area contributed by atoms with Gasteiger partial charge in [0.05, 0.1) is 19.8 Å². The van der Waals surface area contributed by atoms with Gasteiger partial charge in [-0.15, -0.1) is 0 Å². The molecule has 0 unspecified atom stereocenters. The fourth-order valence-electron chi connectivity index (χ4n) is 1.77. The molecule has 121 valence electrons. The van der Waals surface area contributed by atoms with Crippen LogP contribution >= 0.6 is 0 Å². The molecule has 0 saturated carbocycles. The van der Waals surface area contributed by atoms with E-state index in [0.29, 0.717) is 13.2 Å². The number of hydrogen-bond donors (Lipinski definition) is 1. The number of aliphatic hydroxyl groups excluding tert-OH is 1. The van der Waals surface area contributed by atoms with Gasteiger partial charge in [-0.25, -0.2) is 0 Å². The summed E-state index contributed by atoms with van der Waals surface area (Å²) in [6, 6.07) is 0. The molecular formula is C16H35O3Y-. The molecule has 20 heavy (non-hydrogen) atoms. The second kappa shape index (κ2) is 18.0. The summed E-state index contributed by atoms with van der Waals surface area (Å²) in [5, 5.41) is 9.34. The molecule has 0 saturated heterocycles. The SMILES string of the molecule is CCCCCCOC(C)(CO)OCCCCCC.[CH3-].[Y]. The van der Waals surface area contributed by atoms with Gasteiger partial charge < -0.3 is 22.0 Å². The van der Waals surface area contributed by atoms with Crippen molar-refractivity contribution in [2.24, 2.45) is 0 Å². The summed E-state index contributed by atoms with van der Waals surface area (Å²) in [5.41, 5.74) is 0. The Morgan fingerprint density at radius 1 is 0.800 bits per heavy atom. The van der Waals surface area contributed by atoms with E-state index in [1.807, 2.05) is 6.92 Å². The second-order valence-electron chi connectivity index (χ2n) is 5.11. The first-order valence-corrected chi connectivity index (χ1v) is 7.57. The monoisotopic (exact) mass is 364 g/mol. The first-order valence-electron chi connectivity index (χ1n) is 7.57. The van der Waals surface area contributed by atoms with Crippen molar-refractivity contribution in [2.45, 2.75) is 77.9 Å². The Labute approximate surface area is 152 Å². The van der Waals surface area contributed by atoms with Gasteiger partial charge in [0.15, 0.2) is 5.79 Å². The van der Waals surface area contributed by atoms with E-state index in [0.717, 1.165) is 12.8 Å². The van der Waals surface area contributed by atoms with Crippen molar-refractivity contribution in [1.82, 2.24) is 0 Å². The summed E-state index contributed by atoms with van der Waals surface area (Å²) in [4.78, 5) is 0. The summed E-state index contributed by atoms with van der Waals surface area (Å²) in [6.07, 6.45) is 9.42. The molecule has 0 aromatic heterocycles. The maximum absolute atomic E-state index is 9.34. The van der Waals surface area contributed by atoms with E-state index in [9.17, 15) is 5.11 Å². The Bertz CT molecular complexity index is 163. The molecule has 1 N–H and O–H groups in total. The van der Waals surface area contributed by atoms with Gasteiger partial charge in [-0.3, -0.25) is 0 Å². The van der Waals surface area contributed by atoms with Crippen LogP contribution in [0.1, 0.15) is 72.1 Å². The number of unbranched alkanes of at least 4 members (excludes halogenated alkanes) is 6. The Morgan fingerprint density at radius 3 is 1.50 bits per heavy atom. The van der Waals surface area contributed by atoms with Crippen LogP contribution in [-0.2, 0) is 42.2 Å². The number of rotatable bonds is 13. The van der Waals surface area contributed by atoms with Crippen molar-refractivity contribution in [1.29, 1.82) is 0 Å². The maximum Gasteiger partial charge on any atom is 0.188 e. The average Bonchev–Trinajstić information content (AvgIpc) is 2.38. The van der Waals surface area contributed by atoms with Crippen molar-refractivity contribution in [3.05, 3.63) is 7.43 Å². The zero-order valence-corrected chi connectivity index (χ0v) is 17.0. The van der Waals surface area contributed by atoms with Gasteiger partial charge in [-0.2, -0.15) is 0 Å². The summed E-state index contributed by atoms with van der Waals surface area (Å²) >= 11 is 0. The van der Waals surface area contributed by atoms with Crippen molar-refractivity contribution < 1.29 is 47.3 Å². The van der Waals surface area contributed by atoms with Crippen LogP contribution < -0.4 is 0 Å². The van der Waals surface area contributed by atoms with E-state index >= 15 is 0 Å². The van der Waals surface area contributed by atoms with Crippen LogP contribution in [0.3, 0.4) is 0 Å². The van der Waals surface area contributed by atoms with Crippen LogP contribution in [0.2, 0.25) is 0 Å². The van der Waals surface area contributed by atoms with Crippen LogP contribution in [0.5, 0.6) is 0 Å². The molecule has 0 heterocycles. The Hall–Kier alpha value is 0.984. The normalized spacial score (nSPS) is 10.8. The van der Waals surface area contributed by atoms with Gasteiger partial charge in [-0.05, 0) is 19.8 Å². The molecule has 0 amide bonds. The first-order chi connectivity index (χ1) is 8.68. The van der Waals surface area contributed by atoms with Crippen molar-refractivity contribution in [2.75, 3.05) is 19.8 Å². The number of hydrogen-bond acceptors (Lipinski definition) is 3. The summed E-state index contributed by atoms with van der Waals surface area (Å²) in [5.74, 6) is -0.807. The van der Waals surface area contributed by atoms with Gasteiger partial charge in [0.1, 0.15) is 0 Å². The summed E-state index contributed by atoms with van der Waals surface area (Å²) in [7, 11) is 0. The third kappa shape index (κ3) is 15.4. The molecule has 0 spiro atoms. The van der Waals surface area contributed by atoms with E-state index in [2.05, 4.69) is 13.8 Å². The third-order valence-electron chi connectivity index (χ3n) is 3.10. The number of aliphatic hydroxyl groups is 1. The van der Waals surface area contributed by atoms with E-state index in [-0.39, 0.29) is 46.7 Å². The molecule has 0 aliphatic heterocycles. The molecule has 4 heteroatoms. The standard InChI is InChI=1S/C15H32O3.CH3.Y/c1-4-6-8-10-12-17-15(3,14-16)18-13-11-9-7-5-2;;/h16H,4-14H2,1-3H3;1H3;/q;-1;. The van der Waals surface area contributed by atoms with E-state index in [1.54, 1.807) is 0 Å². The largest absolute Gasteiger partial charge is 0.391 e. The topological polar surface area (TPSA) is 38.7 Å². The second-order valence-corrected chi connectivity index (χ2v) is 5.11. The van der Waals surface area contributed by atoms with Gasteiger partial charge in [-0.1, -0.05) is 52.4 Å². The van der Waals surface area contributed by atoms with Crippen LogP contribution in [0.25, 0.3) is 0 Å². The van der Waals surface area contributed by atoms with E-state index in [4.69, 9.17) is 9.47 Å². The predicted octanol–water partition coefficient (Wildman–Crippen LogP) is 4.34. The van der Waals surface area contributed by atoms with Crippen LogP contribution in [-0.4, -0.2) is 30.7 Å². The average molecular weight is 364 g/mol. The Kier molecular flexibility index (Phi) is 23.4. The van der Waals surface area contributed by atoms with Crippen LogP contribution in [0, 0.1) is 7.43 Å². The third-order valence-corrected chi connectivity index (χ3v) is 3.10.